The maximum atomic E-state index is 6.44. The molecule has 0 radical (unpaired) electrons. The monoisotopic (exact) mass is 868 g/mol. The van der Waals surface area contributed by atoms with Crippen LogP contribution >= 0.6 is 0 Å². The van der Waals surface area contributed by atoms with Gasteiger partial charge in [0.25, 0.3) is 0 Å². The lowest BCUT2D eigenvalue weighted by molar-refractivity contribution is 0.669. The predicted molar refractivity (Wildman–Crippen MR) is 279 cm³/mol. The Labute approximate surface area is 392 Å². The van der Waals surface area contributed by atoms with Gasteiger partial charge in [0, 0.05) is 43.9 Å². The second-order valence-electron chi connectivity index (χ2n) is 17.2. The summed E-state index contributed by atoms with van der Waals surface area (Å²) in [5.74, 6) is 1.86. The Morgan fingerprint density at radius 3 is 1.25 bits per heavy atom. The molecule has 0 aliphatic carbocycles. The molecular formula is C63H40N4O. The Bertz CT molecular complexity index is 3890. The Morgan fingerprint density at radius 2 is 0.662 bits per heavy atom. The molecule has 68 heavy (non-hydrogen) atoms. The van der Waals surface area contributed by atoms with Crippen LogP contribution in [0.1, 0.15) is 0 Å². The molecule has 0 aliphatic rings. The highest BCUT2D eigenvalue weighted by atomic mass is 16.3. The standard InChI is InChI=1S/C63H40N4O/c1-5-16-41(17-6-1)49-34-50(42-18-7-2-8-19-42)36-51(35-49)45-24-15-25-52(37-45)67-57-27-14-13-26-53(57)54-38-46(28-31-58(54)67)47-29-32-59-55(39-47)56-40-48(30-33-60(56)68-59)63-65-61(43-20-9-3-10-21-43)64-62(66-63)44-22-11-4-12-23-44/h1-40H. The smallest absolute Gasteiger partial charge is 0.164 e. The van der Waals surface area contributed by atoms with Gasteiger partial charge in [-0.1, -0.05) is 164 Å². The molecule has 0 bridgehead atoms. The van der Waals surface area contributed by atoms with Crippen molar-refractivity contribution in [2.45, 2.75) is 0 Å². The van der Waals surface area contributed by atoms with Crippen LogP contribution in [0.4, 0.5) is 0 Å². The van der Waals surface area contributed by atoms with E-state index in [9.17, 15) is 0 Å². The highest BCUT2D eigenvalue weighted by molar-refractivity contribution is 6.11. The second kappa shape index (κ2) is 16.4. The first-order chi connectivity index (χ1) is 33.7. The van der Waals surface area contributed by atoms with Crippen LogP contribution in [-0.4, -0.2) is 19.5 Å². The number of aromatic nitrogens is 4. The average molecular weight is 869 g/mol. The highest BCUT2D eigenvalue weighted by Crippen LogP contribution is 2.40. The lowest BCUT2D eigenvalue weighted by Crippen LogP contribution is -2.00. The maximum absolute atomic E-state index is 6.44. The van der Waals surface area contributed by atoms with Crippen LogP contribution in [0.15, 0.2) is 247 Å². The predicted octanol–water partition coefficient (Wildman–Crippen LogP) is 16.5. The Hall–Kier alpha value is -9.19. The fourth-order valence-corrected chi connectivity index (χ4v) is 9.68. The van der Waals surface area contributed by atoms with Crippen LogP contribution < -0.4 is 0 Å². The summed E-state index contributed by atoms with van der Waals surface area (Å²) in [4.78, 5) is 14.9. The number of fused-ring (bicyclic) bond motifs is 6. The number of hydrogen-bond donors (Lipinski definition) is 0. The largest absolute Gasteiger partial charge is 0.456 e. The van der Waals surface area contributed by atoms with Gasteiger partial charge in [-0.25, -0.2) is 15.0 Å². The van der Waals surface area contributed by atoms with E-state index in [1.165, 1.54) is 38.6 Å². The zero-order valence-electron chi connectivity index (χ0n) is 36.8. The SMILES string of the molecule is c1ccc(-c2cc(-c3ccccc3)cc(-c3cccc(-n4c5ccccc5c5cc(-c6ccc7oc8ccc(-c9nc(-c%10ccccc%10)nc(-c%10ccccc%10)n9)cc8c7c6)ccc54)c3)c2)cc1. The van der Waals surface area contributed by atoms with Crippen LogP contribution in [0.25, 0.3) is 128 Å². The zero-order valence-corrected chi connectivity index (χ0v) is 36.8. The van der Waals surface area contributed by atoms with Crippen LogP contribution in [0.2, 0.25) is 0 Å². The molecule has 0 spiro atoms. The lowest BCUT2D eigenvalue weighted by atomic mass is 9.93. The topological polar surface area (TPSA) is 56.7 Å². The average Bonchev–Trinajstić information content (AvgIpc) is 3.96. The van der Waals surface area contributed by atoms with Gasteiger partial charge < -0.3 is 8.98 Å². The first-order valence-corrected chi connectivity index (χ1v) is 22.9. The van der Waals surface area contributed by atoms with Crippen molar-refractivity contribution in [1.82, 2.24) is 19.5 Å². The van der Waals surface area contributed by atoms with E-state index in [4.69, 9.17) is 19.4 Å². The molecule has 3 aromatic heterocycles. The Kier molecular flexibility index (Phi) is 9.43. The molecular weight excluding hydrogens is 829 g/mol. The van der Waals surface area contributed by atoms with Gasteiger partial charge in [-0.2, -0.15) is 0 Å². The quantitative estimate of drug-likeness (QED) is 0.153. The number of furan rings is 1. The third kappa shape index (κ3) is 7.02. The van der Waals surface area contributed by atoms with E-state index in [1.807, 2.05) is 72.8 Å². The van der Waals surface area contributed by atoms with E-state index in [0.29, 0.717) is 17.5 Å². The van der Waals surface area contributed by atoms with Gasteiger partial charge in [-0.3, -0.25) is 0 Å². The van der Waals surface area contributed by atoms with Gasteiger partial charge in [-0.05, 0) is 123 Å². The third-order valence-electron chi connectivity index (χ3n) is 13.0. The van der Waals surface area contributed by atoms with E-state index < -0.39 is 0 Å². The van der Waals surface area contributed by atoms with Crippen molar-refractivity contribution in [3.8, 4) is 84.4 Å². The summed E-state index contributed by atoms with van der Waals surface area (Å²) in [6.45, 7) is 0. The van der Waals surface area contributed by atoms with E-state index in [-0.39, 0.29) is 0 Å². The van der Waals surface area contributed by atoms with Crippen molar-refractivity contribution in [3.05, 3.63) is 243 Å². The van der Waals surface area contributed by atoms with E-state index in [0.717, 1.165) is 72.0 Å². The third-order valence-corrected chi connectivity index (χ3v) is 13.0. The molecule has 0 amide bonds. The van der Waals surface area contributed by atoms with Gasteiger partial charge >= 0.3 is 0 Å². The number of hydrogen-bond acceptors (Lipinski definition) is 4. The molecule has 13 rings (SSSR count). The maximum Gasteiger partial charge on any atom is 0.164 e. The molecule has 0 unspecified atom stereocenters. The molecule has 0 aliphatic heterocycles. The van der Waals surface area contributed by atoms with Crippen LogP contribution in [-0.2, 0) is 0 Å². The summed E-state index contributed by atoms with van der Waals surface area (Å²) in [6.07, 6.45) is 0. The van der Waals surface area contributed by atoms with Crippen LogP contribution in [0.3, 0.4) is 0 Å². The van der Waals surface area contributed by atoms with Crippen molar-refractivity contribution in [2.24, 2.45) is 0 Å². The molecule has 318 valence electrons. The van der Waals surface area contributed by atoms with Gasteiger partial charge in [0.1, 0.15) is 11.2 Å². The number of benzene rings is 10. The summed E-state index contributed by atoms with van der Waals surface area (Å²) >= 11 is 0. The lowest BCUT2D eigenvalue weighted by Gasteiger charge is -2.14. The van der Waals surface area contributed by atoms with Crippen LogP contribution in [0, 0.1) is 0 Å². The molecule has 0 saturated carbocycles. The van der Waals surface area contributed by atoms with Crippen LogP contribution in [0.5, 0.6) is 0 Å². The summed E-state index contributed by atoms with van der Waals surface area (Å²) in [6, 6.07) is 85.6. The highest BCUT2D eigenvalue weighted by Gasteiger charge is 2.18. The van der Waals surface area contributed by atoms with Gasteiger partial charge in [-0.15, -0.1) is 0 Å². The molecule has 3 heterocycles. The summed E-state index contributed by atoms with van der Waals surface area (Å²) in [7, 11) is 0. The molecule has 5 nitrogen and oxygen atoms in total. The summed E-state index contributed by atoms with van der Waals surface area (Å²) < 4.78 is 8.85. The van der Waals surface area contributed by atoms with Crippen molar-refractivity contribution in [2.75, 3.05) is 0 Å². The Balaban J connectivity index is 0.900. The summed E-state index contributed by atoms with van der Waals surface area (Å²) in [5.41, 5.74) is 17.2. The first kappa shape index (κ1) is 39.2. The second-order valence-corrected chi connectivity index (χ2v) is 17.2. The fraction of sp³-hybridized carbons (Fsp3) is 0. The molecule has 0 N–H and O–H groups in total. The van der Waals surface area contributed by atoms with Crippen molar-refractivity contribution in [3.63, 3.8) is 0 Å². The summed E-state index contributed by atoms with van der Waals surface area (Å²) in [5, 5.41) is 4.43. The van der Waals surface area contributed by atoms with Crippen molar-refractivity contribution in [1.29, 1.82) is 0 Å². The first-order valence-electron chi connectivity index (χ1n) is 22.9. The molecule has 5 heteroatoms. The van der Waals surface area contributed by atoms with Gasteiger partial charge in [0.2, 0.25) is 0 Å². The minimum Gasteiger partial charge on any atom is -0.456 e. The van der Waals surface area contributed by atoms with Gasteiger partial charge in [0.05, 0.1) is 11.0 Å². The minimum absolute atomic E-state index is 0.607. The molecule has 13 aromatic rings. The molecule has 0 atom stereocenters. The van der Waals surface area contributed by atoms with E-state index >= 15 is 0 Å². The minimum atomic E-state index is 0.607. The Morgan fingerprint density at radius 1 is 0.250 bits per heavy atom. The molecule has 0 saturated heterocycles. The number of rotatable bonds is 8. The zero-order chi connectivity index (χ0) is 45.0. The molecule has 0 fully saturated rings. The fourth-order valence-electron chi connectivity index (χ4n) is 9.68. The number of para-hydroxylation sites is 1. The van der Waals surface area contributed by atoms with Gasteiger partial charge in [0.15, 0.2) is 17.5 Å². The van der Waals surface area contributed by atoms with E-state index in [2.05, 4.69) is 174 Å². The van der Waals surface area contributed by atoms with Crippen molar-refractivity contribution >= 4 is 43.7 Å². The number of nitrogens with zero attached hydrogens (tertiary/aromatic N) is 4. The molecule has 10 aromatic carbocycles. The van der Waals surface area contributed by atoms with E-state index in [1.54, 1.807) is 0 Å². The van der Waals surface area contributed by atoms with Crippen molar-refractivity contribution < 1.29 is 4.42 Å². The normalized spacial score (nSPS) is 11.5.